The number of hydrogen-bond acceptors (Lipinski definition) is 2. The van der Waals surface area contributed by atoms with Crippen molar-refractivity contribution in [3.05, 3.63) is 71.3 Å². The third-order valence-electron chi connectivity index (χ3n) is 2.97. The van der Waals surface area contributed by atoms with Gasteiger partial charge in [-0.3, -0.25) is 9.59 Å². The third-order valence-corrected chi connectivity index (χ3v) is 2.97. The zero-order chi connectivity index (χ0) is 15.2. The van der Waals surface area contributed by atoms with Crippen LogP contribution in [0.25, 0.3) is 6.08 Å². The molecule has 4 nitrogen and oxygen atoms in total. The minimum absolute atomic E-state index is 0.189. The third kappa shape index (κ3) is 4.04. The summed E-state index contributed by atoms with van der Waals surface area (Å²) in [4.78, 5) is 23.0. The van der Waals surface area contributed by atoms with E-state index in [1.165, 1.54) is 0 Å². The Kier molecular flexibility index (Phi) is 4.51. The molecule has 0 saturated heterocycles. The number of anilines is 1. The molecule has 106 valence electrons. The summed E-state index contributed by atoms with van der Waals surface area (Å²) in [5.74, 6) is -0.682. The van der Waals surface area contributed by atoms with Crippen molar-refractivity contribution in [1.29, 1.82) is 0 Å². The molecule has 0 aliphatic heterocycles. The maximum atomic E-state index is 12.1. The van der Waals surface area contributed by atoms with Gasteiger partial charge in [0.2, 0.25) is 5.91 Å². The molecular formula is C17H16N2O2. The fraction of sp³-hybridized carbons (Fsp3) is 0.0588. The van der Waals surface area contributed by atoms with E-state index in [4.69, 9.17) is 5.73 Å². The quantitative estimate of drug-likeness (QED) is 0.845. The number of carbonyl (C=O) groups is 2. The van der Waals surface area contributed by atoms with E-state index in [0.29, 0.717) is 16.8 Å². The monoisotopic (exact) mass is 280 g/mol. The lowest BCUT2D eigenvalue weighted by atomic mass is 10.1. The number of primary amides is 1. The highest BCUT2D eigenvalue weighted by Crippen LogP contribution is 2.12. The van der Waals surface area contributed by atoms with E-state index in [0.717, 1.165) is 5.56 Å². The average molecular weight is 280 g/mol. The van der Waals surface area contributed by atoms with Crippen LogP contribution in [0.4, 0.5) is 5.69 Å². The van der Waals surface area contributed by atoms with Crippen LogP contribution in [0.3, 0.4) is 0 Å². The number of benzene rings is 2. The van der Waals surface area contributed by atoms with Crippen LogP contribution in [0.15, 0.2) is 60.2 Å². The van der Waals surface area contributed by atoms with Gasteiger partial charge in [0.1, 0.15) is 0 Å². The molecule has 21 heavy (non-hydrogen) atoms. The van der Waals surface area contributed by atoms with Crippen molar-refractivity contribution in [3.8, 4) is 0 Å². The molecule has 2 aromatic rings. The maximum Gasteiger partial charge on any atom is 0.251 e. The summed E-state index contributed by atoms with van der Waals surface area (Å²) in [5, 5.41) is 2.77. The predicted molar refractivity (Wildman–Crippen MR) is 83.7 cm³/mol. The van der Waals surface area contributed by atoms with E-state index in [-0.39, 0.29) is 5.91 Å². The second kappa shape index (κ2) is 6.52. The highest BCUT2D eigenvalue weighted by molar-refractivity contribution is 6.06. The van der Waals surface area contributed by atoms with Crippen molar-refractivity contribution in [3.63, 3.8) is 0 Å². The second-order valence-electron chi connectivity index (χ2n) is 4.63. The Bertz CT molecular complexity index is 674. The first-order valence-corrected chi connectivity index (χ1v) is 6.51. The molecule has 2 aromatic carbocycles. The van der Waals surface area contributed by atoms with Crippen molar-refractivity contribution in [2.24, 2.45) is 5.73 Å². The molecular weight excluding hydrogens is 264 g/mol. The summed E-state index contributed by atoms with van der Waals surface area (Å²) in [7, 11) is 0. The topological polar surface area (TPSA) is 72.2 Å². The Balaban J connectivity index is 2.07. The number of amides is 2. The molecule has 2 rings (SSSR count). The predicted octanol–water partition coefficient (Wildman–Crippen LogP) is 2.83. The summed E-state index contributed by atoms with van der Waals surface area (Å²) in [6.45, 7) is 1.75. The van der Waals surface area contributed by atoms with Crippen molar-refractivity contribution in [1.82, 2.24) is 0 Å². The van der Waals surface area contributed by atoms with E-state index in [2.05, 4.69) is 5.32 Å². The van der Waals surface area contributed by atoms with Gasteiger partial charge >= 0.3 is 0 Å². The number of hydrogen-bond donors (Lipinski definition) is 2. The normalized spacial score (nSPS) is 11.0. The standard InChI is InChI=1S/C17H16N2O2/c1-12(11-13-5-3-2-4-6-13)17(21)19-15-9-7-14(8-10-15)16(18)20/h2-11H,1H3,(H2,18,20)(H,19,21). The van der Waals surface area contributed by atoms with Gasteiger partial charge in [-0.2, -0.15) is 0 Å². The van der Waals surface area contributed by atoms with E-state index in [1.54, 1.807) is 31.2 Å². The van der Waals surface area contributed by atoms with E-state index < -0.39 is 5.91 Å². The van der Waals surface area contributed by atoms with Gasteiger partial charge in [-0.25, -0.2) is 0 Å². The molecule has 0 aliphatic rings. The van der Waals surface area contributed by atoms with E-state index >= 15 is 0 Å². The molecule has 3 N–H and O–H groups in total. The van der Waals surface area contributed by atoms with Crippen LogP contribution in [0, 0.1) is 0 Å². The van der Waals surface area contributed by atoms with Crippen LogP contribution in [0.5, 0.6) is 0 Å². The molecule has 0 aliphatic carbocycles. The van der Waals surface area contributed by atoms with Gasteiger partial charge in [-0.05, 0) is 42.8 Å². The minimum atomic E-state index is -0.493. The Labute approximate surface area is 123 Å². The molecule has 0 fully saturated rings. The highest BCUT2D eigenvalue weighted by atomic mass is 16.2. The summed E-state index contributed by atoms with van der Waals surface area (Å²) in [5.41, 5.74) is 7.75. The minimum Gasteiger partial charge on any atom is -0.366 e. The van der Waals surface area contributed by atoms with Gasteiger partial charge in [0, 0.05) is 16.8 Å². The number of nitrogens with one attached hydrogen (secondary N) is 1. The lowest BCUT2D eigenvalue weighted by molar-refractivity contribution is -0.112. The Morgan fingerprint density at radius 3 is 2.19 bits per heavy atom. The maximum absolute atomic E-state index is 12.1. The van der Waals surface area contributed by atoms with Crippen molar-refractivity contribution in [2.75, 3.05) is 5.32 Å². The highest BCUT2D eigenvalue weighted by Gasteiger charge is 2.06. The van der Waals surface area contributed by atoms with E-state index in [1.807, 2.05) is 36.4 Å². The fourth-order valence-electron chi connectivity index (χ4n) is 1.81. The van der Waals surface area contributed by atoms with Crippen LogP contribution >= 0.6 is 0 Å². The van der Waals surface area contributed by atoms with Gasteiger partial charge in [0.05, 0.1) is 0 Å². The van der Waals surface area contributed by atoms with Crippen LogP contribution in [-0.2, 0) is 4.79 Å². The second-order valence-corrected chi connectivity index (χ2v) is 4.63. The molecule has 0 radical (unpaired) electrons. The van der Waals surface area contributed by atoms with Gasteiger partial charge in [-0.15, -0.1) is 0 Å². The summed E-state index contributed by atoms with van der Waals surface area (Å²) >= 11 is 0. The van der Waals surface area contributed by atoms with Crippen molar-refractivity contribution < 1.29 is 9.59 Å². The van der Waals surface area contributed by atoms with Crippen molar-refractivity contribution >= 4 is 23.6 Å². The molecule has 2 amide bonds. The molecule has 0 unspecified atom stereocenters. The van der Waals surface area contributed by atoms with Gasteiger partial charge in [0.25, 0.3) is 5.91 Å². The van der Waals surface area contributed by atoms with Crippen LogP contribution in [0.1, 0.15) is 22.8 Å². The Hall–Kier alpha value is -2.88. The SMILES string of the molecule is CC(=Cc1ccccc1)C(=O)Nc1ccc(C(N)=O)cc1. The average Bonchev–Trinajstić information content (AvgIpc) is 2.48. The molecule has 4 heteroatoms. The number of rotatable bonds is 4. The Morgan fingerprint density at radius 2 is 1.62 bits per heavy atom. The molecule has 0 atom stereocenters. The van der Waals surface area contributed by atoms with Gasteiger partial charge in [0.15, 0.2) is 0 Å². The zero-order valence-corrected chi connectivity index (χ0v) is 11.7. The molecule has 0 aromatic heterocycles. The molecule has 0 heterocycles. The van der Waals surface area contributed by atoms with Crippen LogP contribution in [-0.4, -0.2) is 11.8 Å². The molecule has 0 bridgehead atoms. The van der Waals surface area contributed by atoms with Gasteiger partial charge in [-0.1, -0.05) is 30.3 Å². The number of carbonyl (C=O) groups excluding carboxylic acids is 2. The summed E-state index contributed by atoms with van der Waals surface area (Å²) in [6.07, 6.45) is 1.81. The largest absolute Gasteiger partial charge is 0.366 e. The van der Waals surface area contributed by atoms with Gasteiger partial charge < -0.3 is 11.1 Å². The number of nitrogens with two attached hydrogens (primary N) is 1. The zero-order valence-electron chi connectivity index (χ0n) is 11.7. The smallest absolute Gasteiger partial charge is 0.251 e. The summed E-state index contributed by atoms with van der Waals surface area (Å²) < 4.78 is 0. The lowest BCUT2D eigenvalue weighted by Gasteiger charge is -2.06. The molecule has 0 spiro atoms. The molecule has 0 saturated carbocycles. The first-order valence-electron chi connectivity index (χ1n) is 6.51. The Morgan fingerprint density at radius 1 is 1.00 bits per heavy atom. The van der Waals surface area contributed by atoms with Crippen LogP contribution < -0.4 is 11.1 Å². The lowest BCUT2D eigenvalue weighted by Crippen LogP contribution is -2.13. The fourth-order valence-corrected chi connectivity index (χ4v) is 1.81. The summed E-state index contributed by atoms with van der Waals surface area (Å²) in [6, 6.07) is 16.1. The van der Waals surface area contributed by atoms with Crippen LogP contribution in [0.2, 0.25) is 0 Å². The first kappa shape index (κ1) is 14.5. The first-order chi connectivity index (χ1) is 10.1. The van der Waals surface area contributed by atoms with Crippen molar-refractivity contribution in [2.45, 2.75) is 6.92 Å². The van der Waals surface area contributed by atoms with E-state index in [9.17, 15) is 9.59 Å².